The molecule has 0 unspecified atom stereocenters. The van der Waals surface area contributed by atoms with Crippen molar-refractivity contribution in [2.45, 2.75) is 65.6 Å². The molecule has 5 rings (SSSR count). The standard InChI is InChI=1S/C24H29N3OS/c1-13(2)27-18-6-7-19(27)12-26(11-18)17-8-9-20-21(10-17)29-24-16(5)23(28)15(4)14(3)22(24)25-20/h8-10,13,18-19H,6-7,11-12H2,1-5H3/t18-,19+. The molecule has 1 aromatic rings. The summed E-state index contributed by atoms with van der Waals surface area (Å²) in [5.74, 6) is 0. The molecule has 1 aliphatic carbocycles. The average molecular weight is 408 g/mol. The van der Waals surface area contributed by atoms with E-state index in [0.29, 0.717) is 18.1 Å². The molecule has 0 N–H and O–H groups in total. The summed E-state index contributed by atoms with van der Waals surface area (Å²) in [5.41, 5.74) is 6.12. The molecule has 3 aliphatic heterocycles. The van der Waals surface area contributed by atoms with E-state index in [4.69, 9.17) is 4.98 Å². The quantitative estimate of drug-likeness (QED) is 0.575. The van der Waals surface area contributed by atoms with Crippen LogP contribution in [-0.4, -0.2) is 41.1 Å². The van der Waals surface area contributed by atoms with Crippen LogP contribution < -0.4 is 10.3 Å². The Morgan fingerprint density at radius 3 is 2.38 bits per heavy atom. The lowest BCUT2D eigenvalue weighted by Gasteiger charge is -2.44. The maximum Gasteiger partial charge on any atom is 0.186 e. The highest BCUT2D eigenvalue weighted by molar-refractivity contribution is 7.21. The highest BCUT2D eigenvalue weighted by Crippen LogP contribution is 2.38. The maximum atomic E-state index is 12.6. The van der Waals surface area contributed by atoms with Gasteiger partial charge in [-0.05, 0) is 71.2 Å². The van der Waals surface area contributed by atoms with Crippen molar-refractivity contribution in [2.24, 2.45) is 0 Å². The Morgan fingerprint density at radius 1 is 1.03 bits per heavy atom. The third-order valence-corrected chi connectivity index (χ3v) is 8.29. The molecule has 2 saturated heterocycles. The molecule has 0 saturated carbocycles. The Kier molecular flexibility index (Phi) is 4.44. The van der Waals surface area contributed by atoms with Crippen molar-refractivity contribution in [3.05, 3.63) is 45.1 Å². The van der Waals surface area contributed by atoms with Crippen LogP contribution in [0.4, 0.5) is 5.69 Å². The Bertz CT molecular complexity index is 1120. The monoisotopic (exact) mass is 407 g/mol. The van der Waals surface area contributed by atoms with Gasteiger partial charge in [0.25, 0.3) is 0 Å². The lowest BCUT2D eigenvalue weighted by molar-refractivity contribution is 0.129. The molecule has 0 amide bonds. The van der Waals surface area contributed by atoms with Crippen molar-refractivity contribution in [1.29, 1.82) is 0 Å². The van der Waals surface area contributed by atoms with Crippen LogP contribution in [-0.2, 0) is 0 Å². The number of nitrogens with zero attached hydrogens (tertiary/aromatic N) is 3. The molecule has 4 aliphatic rings. The van der Waals surface area contributed by atoms with Gasteiger partial charge in [-0.2, -0.15) is 0 Å². The topological polar surface area (TPSA) is 36.4 Å². The maximum absolute atomic E-state index is 12.6. The molecular formula is C24H29N3OS. The molecule has 5 heteroatoms. The summed E-state index contributed by atoms with van der Waals surface area (Å²) in [5, 5.41) is 0. The first-order valence-electron chi connectivity index (χ1n) is 10.7. The number of fused-ring (bicyclic) bond motifs is 4. The van der Waals surface area contributed by atoms with E-state index in [0.717, 1.165) is 45.9 Å². The van der Waals surface area contributed by atoms with Gasteiger partial charge in [0, 0.05) is 48.0 Å². The molecule has 0 aromatic heterocycles. The van der Waals surface area contributed by atoms with E-state index in [-0.39, 0.29) is 5.43 Å². The van der Waals surface area contributed by atoms with E-state index in [1.54, 1.807) is 11.3 Å². The van der Waals surface area contributed by atoms with Crippen LogP contribution in [0.25, 0.3) is 20.8 Å². The minimum Gasteiger partial charge on any atom is -0.368 e. The Hall–Kier alpha value is -1.98. The molecular weight excluding hydrogens is 378 g/mol. The number of anilines is 1. The van der Waals surface area contributed by atoms with Crippen LogP contribution in [0.1, 0.15) is 43.4 Å². The summed E-state index contributed by atoms with van der Waals surface area (Å²) in [6.07, 6.45) is 2.62. The van der Waals surface area contributed by atoms with Gasteiger partial charge in [0.05, 0.1) is 20.8 Å². The molecule has 2 bridgehead atoms. The van der Waals surface area contributed by atoms with Gasteiger partial charge < -0.3 is 4.90 Å². The van der Waals surface area contributed by atoms with Crippen molar-refractivity contribution < 1.29 is 0 Å². The second-order valence-corrected chi connectivity index (χ2v) is 10.1. The van der Waals surface area contributed by atoms with Crippen LogP contribution in [0.15, 0.2) is 23.0 Å². The van der Waals surface area contributed by atoms with E-state index in [1.165, 1.54) is 23.2 Å². The highest BCUT2D eigenvalue weighted by atomic mass is 32.1. The van der Waals surface area contributed by atoms with Crippen molar-refractivity contribution in [3.63, 3.8) is 0 Å². The van der Waals surface area contributed by atoms with Crippen molar-refractivity contribution in [1.82, 2.24) is 9.88 Å². The van der Waals surface area contributed by atoms with Crippen LogP contribution in [0.2, 0.25) is 0 Å². The molecule has 2 atom stereocenters. The number of rotatable bonds is 2. The van der Waals surface area contributed by atoms with Crippen LogP contribution in [0.3, 0.4) is 0 Å². The summed E-state index contributed by atoms with van der Waals surface area (Å²) < 4.78 is 1.17. The fourth-order valence-electron chi connectivity index (χ4n) is 5.43. The summed E-state index contributed by atoms with van der Waals surface area (Å²) >= 11 is 1.72. The summed E-state index contributed by atoms with van der Waals surface area (Å²) in [6.45, 7) is 12.7. The van der Waals surface area contributed by atoms with Gasteiger partial charge >= 0.3 is 0 Å². The average Bonchev–Trinajstić information content (AvgIpc) is 2.99. The van der Waals surface area contributed by atoms with Gasteiger partial charge in [-0.1, -0.05) is 0 Å². The zero-order valence-corrected chi connectivity index (χ0v) is 18.8. The Balaban J connectivity index is 1.57. The van der Waals surface area contributed by atoms with E-state index in [2.05, 4.69) is 41.8 Å². The third-order valence-electron chi connectivity index (χ3n) is 7.04. The fourth-order valence-corrected chi connectivity index (χ4v) is 6.59. The summed E-state index contributed by atoms with van der Waals surface area (Å²) in [6, 6.07) is 8.63. The lowest BCUT2D eigenvalue weighted by atomic mass is 10.0. The number of hydrogen-bond donors (Lipinski definition) is 0. The van der Waals surface area contributed by atoms with Gasteiger partial charge in [-0.3, -0.25) is 9.69 Å². The Labute approximate surface area is 176 Å². The lowest BCUT2D eigenvalue weighted by Crippen LogP contribution is -2.56. The number of piperazine rings is 1. The van der Waals surface area contributed by atoms with Crippen LogP contribution in [0.5, 0.6) is 0 Å². The first-order valence-corrected chi connectivity index (χ1v) is 11.5. The minimum atomic E-state index is 0.157. The van der Waals surface area contributed by atoms with E-state index < -0.39 is 0 Å². The molecule has 152 valence electrons. The molecule has 0 spiro atoms. The first kappa shape index (κ1) is 19.0. The van der Waals surface area contributed by atoms with Gasteiger partial charge in [-0.25, -0.2) is 4.98 Å². The summed E-state index contributed by atoms with van der Waals surface area (Å²) in [4.78, 5) is 23.8. The predicted molar refractivity (Wildman–Crippen MR) is 123 cm³/mol. The number of hydrogen-bond acceptors (Lipinski definition) is 5. The Morgan fingerprint density at radius 2 is 1.72 bits per heavy atom. The van der Waals surface area contributed by atoms with E-state index in [1.807, 2.05) is 20.8 Å². The molecule has 2 fully saturated rings. The number of aromatic nitrogens is 1. The smallest absolute Gasteiger partial charge is 0.186 e. The zero-order chi connectivity index (χ0) is 20.4. The minimum absolute atomic E-state index is 0.157. The van der Waals surface area contributed by atoms with Crippen LogP contribution >= 0.6 is 11.3 Å². The van der Waals surface area contributed by atoms with Gasteiger partial charge in [-0.15, -0.1) is 11.3 Å². The van der Waals surface area contributed by atoms with Gasteiger partial charge in [0.1, 0.15) is 0 Å². The van der Waals surface area contributed by atoms with Crippen molar-refractivity contribution in [2.75, 3.05) is 18.0 Å². The predicted octanol–water partition coefficient (Wildman–Crippen LogP) is 4.75. The highest BCUT2D eigenvalue weighted by Gasteiger charge is 2.41. The van der Waals surface area contributed by atoms with E-state index >= 15 is 0 Å². The molecule has 0 radical (unpaired) electrons. The van der Waals surface area contributed by atoms with Crippen molar-refractivity contribution >= 4 is 27.2 Å². The van der Waals surface area contributed by atoms with E-state index in [9.17, 15) is 4.79 Å². The van der Waals surface area contributed by atoms with Crippen LogP contribution in [0, 0.1) is 20.8 Å². The zero-order valence-electron chi connectivity index (χ0n) is 18.0. The molecule has 29 heavy (non-hydrogen) atoms. The second-order valence-electron chi connectivity index (χ2n) is 9.08. The number of benzene rings is 2. The third kappa shape index (κ3) is 2.89. The van der Waals surface area contributed by atoms with Gasteiger partial charge in [0.15, 0.2) is 5.43 Å². The first-order chi connectivity index (χ1) is 13.8. The SMILES string of the molecule is Cc1c2nc3ccc(N4C[C@H]5CC[C@@H](C4)N5C(C)C)cc3sc-2c(C)c(=O)c1C. The largest absolute Gasteiger partial charge is 0.368 e. The normalized spacial score (nSPS) is 22.3. The molecule has 3 heterocycles. The summed E-state index contributed by atoms with van der Waals surface area (Å²) in [7, 11) is 0. The fraction of sp³-hybridized carbons (Fsp3) is 0.500. The van der Waals surface area contributed by atoms with Gasteiger partial charge in [0.2, 0.25) is 0 Å². The van der Waals surface area contributed by atoms with Crippen molar-refractivity contribution in [3.8, 4) is 10.6 Å². The molecule has 4 nitrogen and oxygen atoms in total. The molecule has 1 aromatic carbocycles. The second kappa shape index (κ2) is 6.78.